The van der Waals surface area contributed by atoms with Crippen LogP contribution in [0.4, 0.5) is 0 Å². The van der Waals surface area contributed by atoms with E-state index in [1.165, 1.54) is 12.0 Å². The second kappa shape index (κ2) is 6.30. The van der Waals surface area contributed by atoms with Crippen LogP contribution in [0.25, 0.3) is 0 Å². The number of rotatable bonds is 6. The fourth-order valence-corrected chi connectivity index (χ4v) is 2.05. The Labute approximate surface area is 104 Å². The first-order valence-electron chi connectivity index (χ1n) is 6.21. The molecule has 1 heterocycles. The standard InChI is InChI=1S/C14H21N3/c1-16(12-14-6-3-2-4-7-14)9-5-10-17-11-8-15-13-17/h2-4,6-8,11,15H,5,9-10,12-13H2,1H3. The lowest BCUT2D eigenvalue weighted by molar-refractivity contribution is 0.292. The van der Waals surface area contributed by atoms with Crippen molar-refractivity contribution < 1.29 is 0 Å². The molecule has 3 heteroatoms. The van der Waals surface area contributed by atoms with Crippen LogP contribution in [0.5, 0.6) is 0 Å². The third kappa shape index (κ3) is 4.11. The molecule has 0 atom stereocenters. The van der Waals surface area contributed by atoms with Crippen molar-refractivity contribution in [3.05, 3.63) is 48.3 Å². The number of nitrogens with zero attached hydrogens (tertiary/aromatic N) is 2. The molecule has 3 nitrogen and oxygen atoms in total. The molecule has 1 N–H and O–H groups in total. The molecule has 0 spiro atoms. The Balaban J connectivity index is 1.64. The van der Waals surface area contributed by atoms with Crippen LogP contribution in [0.3, 0.4) is 0 Å². The summed E-state index contributed by atoms with van der Waals surface area (Å²) in [4.78, 5) is 4.68. The van der Waals surface area contributed by atoms with Crippen LogP contribution in [-0.4, -0.2) is 36.6 Å². The van der Waals surface area contributed by atoms with Crippen molar-refractivity contribution in [1.29, 1.82) is 0 Å². The lowest BCUT2D eigenvalue weighted by Gasteiger charge is -2.19. The minimum atomic E-state index is 0.961. The second-order valence-corrected chi connectivity index (χ2v) is 4.57. The van der Waals surface area contributed by atoms with Gasteiger partial charge in [0, 0.05) is 25.5 Å². The van der Waals surface area contributed by atoms with E-state index in [2.05, 4.69) is 58.7 Å². The fourth-order valence-electron chi connectivity index (χ4n) is 2.05. The maximum atomic E-state index is 3.18. The fraction of sp³-hybridized carbons (Fsp3) is 0.429. The minimum absolute atomic E-state index is 0.961. The summed E-state index contributed by atoms with van der Waals surface area (Å²) in [5, 5.41) is 3.18. The van der Waals surface area contributed by atoms with Crippen LogP contribution in [0, 0.1) is 0 Å². The lowest BCUT2D eigenvalue weighted by Crippen LogP contribution is -2.26. The predicted molar refractivity (Wildman–Crippen MR) is 71.2 cm³/mol. The first-order chi connectivity index (χ1) is 8.34. The topological polar surface area (TPSA) is 18.5 Å². The average Bonchev–Trinajstić information content (AvgIpc) is 2.83. The lowest BCUT2D eigenvalue weighted by atomic mass is 10.2. The maximum Gasteiger partial charge on any atom is 0.0867 e. The molecule has 0 aromatic heterocycles. The molecule has 2 rings (SSSR count). The molecule has 92 valence electrons. The molecule has 0 unspecified atom stereocenters. The number of hydrogen-bond acceptors (Lipinski definition) is 3. The van der Waals surface area contributed by atoms with E-state index in [4.69, 9.17) is 0 Å². The summed E-state index contributed by atoms with van der Waals surface area (Å²) in [6, 6.07) is 10.6. The Morgan fingerprint density at radius 3 is 2.82 bits per heavy atom. The highest BCUT2D eigenvalue weighted by atomic mass is 15.2. The Kier molecular flexibility index (Phi) is 4.45. The van der Waals surface area contributed by atoms with Crippen molar-refractivity contribution in [2.24, 2.45) is 0 Å². The highest BCUT2D eigenvalue weighted by Crippen LogP contribution is 2.04. The molecule has 0 bridgehead atoms. The quantitative estimate of drug-likeness (QED) is 0.806. The molecule has 1 aromatic carbocycles. The Morgan fingerprint density at radius 1 is 1.29 bits per heavy atom. The van der Waals surface area contributed by atoms with E-state index in [1.54, 1.807) is 0 Å². The van der Waals surface area contributed by atoms with Gasteiger partial charge >= 0.3 is 0 Å². The van der Waals surface area contributed by atoms with Crippen molar-refractivity contribution in [2.75, 3.05) is 26.8 Å². The normalized spacial score (nSPS) is 14.4. The van der Waals surface area contributed by atoms with E-state index in [1.807, 2.05) is 6.20 Å². The highest BCUT2D eigenvalue weighted by molar-refractivity contribution is 5.14. The van der Waals surface area contributed by atoms with Gasteiger partial charge in [-0.05, 0) is 25.6 Å². The Bertz CT molecular complexity index is 348. The van der Waals surface area contributed by atoms with E-state index in [9.17, 15) is 0 Å². The third-order valence-corrected chi connectivity index (χ3v) is 2.98. The van der Waals surface area contributed by atoms with Gasteiger partial charge in [0.2, 0.25) is 0 Å². The van der Waals surface area contributed by atoms with Crippen LogP contribution < -0.4 is 5.32 Å². The first-order valence-corrected chi connectivity index (χ1v) is 6.21. The van der Waals surface area contributed by atoms with Gasteiger partial charge < -0.3 is 15.1 Å². The average molecular weight is 231 g/mol. The molecule has 0 saturated heterocycles. The van der Waals surface area contributed by atoms with E-state index in [0.717, 1.165) is 26.3 Å². The van der Waals surface area contributed by atoms with E-state index in [-0.39, 0.29) is 0 Å². The smallest absolute Gasteiger partial charge is 0.0867 e. The maximum absolute atomic E-state index is 3.18. The van der Waals surface area contributed by atoms with Gasteiger partial charge in [-0.2, -0.15) is 0 Å². The summed E-state index contributed by atoms with van der Waals surface area (Å²) in [6.07, 6.45) is 5.33. The number of nitrogens with one attached hydrogen (secondary N) is 1. The number of benzene rings is 1. The van der Waals surface area contributed by atoms with Crippen molar-refractivity contribution in [1.82, 2.24) is 15.1 Å². The first kappa shape index (κ1) is 12.0. The van der Waals surface area contributed by atoms with Crippen LogP contribution in [0.2, 0.25) is 0 Å². The third-order valence-electron chi connectivity index (χ3n) is 2.98. The predicted octanol–water partition coefficient (Wildman–Crippen LogP) is 1.84. The van der Waals surface area contributed by atoms with Gasteiger partial charge in [0.1, 0.15) is 0 Å². The summed E-state index contributed by atoms with van der Waals surface area (Å²) in [7, 11) is 2.19. The summed E-state index contributed by atoms with van der Waals surface area (Å²) in [5.74, 6) is 0. The van der Waals surface area contributed by atoms with Gasteiger partial charge in [-0.25, -0.2) is 0 Å². The monoisotopic (exact) mass is 231 g/mol. The minimum Gasteiger partial charge on any atom is -0.373 e. The zero-order chi connectivity index (χ0) is 11.9. The van der Waals surface area contributed by atoms with Gasteiger partial charge in [-0.1, -0.05) is 30.3 Å². The Morgan fingerprint density at radius 2 is 2.12 bits per heavy atom. The molecule has 17 heavy (non-hydrogen) atoms. The van der Waals surface area contributed by atoms with Gasteiger partial charge in [-0.15, -0.1) is 0 Å². The SMILES string of the molecule is CN(CCCN1C=CNC1)Cc1ccccc1. The van der Waals surface area contributed by atoms with Crippen molar-refractivity contribution >= 4 is 0 Å². The molecule has 0 amide bonds. The van der Waals surface area contributed by atoms with Crippen LogP contribution in [0.1, 0.15) is 12.0 Å². The molecule has 1 aliphatic rings. The van der Waals surface area contributed by atoms with Gasteiger partial charge in [0.15, 0.2) is 0 Å². The molecule has 1 aromatic rings. The van der Waals surface area contributed by atoms with Crippen molar-refractivity contribution in [2.45, 2.75) is 13.0 Å². The largest absolute Gasteiger partial charge is 0.373 e. The van der Waals surface area contributed by atoms with Crippen LogP contribution in [0.15, 0.2) is 42.7 Å². The summed E-state index contributed by atoms with van der Waals surface area (Å²) in [6.45, 7) is 4.26. The molecule has 0 fully saturated rings. The molecule has 0 aliphatic carbocycles. The summed E-state index contributed by atoms with van der Waals surface area (Å²) >= 11 is 0. The highest BCUT2D eigenvalue weighted by Gasteiger charge is 2.04. The zero-order valence-corrected chi connectivity index (χ0v) is 10.5. The van der Waals surface area contributed by atoms with E-state index in [0.29, 0.717) is 0 Å². The van der Waals surface area contributed by atoms with Gasteiger partial charge in [0.25, 0.3) is 0 Å². The van der Waals surface area contributed by atoms with Crippen LogP contribution in [-0.2, 0) is 6.54 Å². The summed E-state index contributed by atoms with van der Waals surface area (Å²) < 4.78 is 0. The zero-order valence-electron chi connectivity index (χ0n) is 10.5. The summed E-state index contributed by atoms with van der Waals surface area (Å²) in [5.41, 5.74) is 1.39. The molecule has 1 aliphatic heterocycles. The molecular formula is C14H21N3. The van der Waals surface area contributed by atoms with Gasteiger partial charge in [-0.3, -0.25) is 0 Å². The Hall–Kier alpha value is -1.48. The number of hydrogen-bond donors (Lipinski definition) is 1. The molecule has 0 saturated carbocycles. The van der Waals surface area contributed by atoms with Crippen LogP contribution >= 0.6 is 0 Å². The van der Waals surface area contributed by atoms with E-state index < -0.39 is 0 Å². The molecule has 0 radical (unpaired) electrons. The second-order valence-electron chi connectivity index (χ2n) is 4.57. The van der Waals surface area contributed by atoms with Crippen molar-refractivity contribution in [3.63, 3.8) is 0 Å². The molecular weight excluding hydrogens is 210 g/mol. The van der Waals surface area contributed by atoms with Gasteiger partial charge in [0.05, 0.1) is 6.67 Å². The van der Waals surface area contributed by atoms with Crippen molar-refractivity contribution in [3.8, 4) is 0 Å². The van der Waals surface area contributed by atoms with E-state index >= 15 is 0 Å².